The van der Waals surface area contributed by atoms with E-state index in [0.29, 0.717) is 6.07 Å². The number of fused-ring (bicyclic) bond motifs is 1. The summed E-state index contributed by atoms with van der Waals surface area (Å²) in [6.45, 7) is 3.98. The quantitative estimate of drug-likeness (QED) is 0.787. The van der Waals surface area contributed by atoms with Gasteiger partial charge >= 0.3 is 0 Å². The van der Waals surface area contributed by atoms with Gasteiger partial charge in [0.05, 0.1) is 29.5 Å². The molecule has 4 nitrogen and oxygen atoms in total. The molecule has 21 heavy (non-hydrogen) atoms. The van der Waals surface area contributed by atoms with Gasteiger partial charge in [-0.05, 0) is 32.8 Å². The highest BCUT2D eigenvalue weighted by Gasteiger charge is 2.42. The summed E-state index contributed by atoms with van der Waals surface area (Å²) in [7, 11) is 0. The number of carbonyl (C=O) groups excluding carboxylic acids is 2. The minimum atomic E-state index is -0.901. The monoisotopic (exact) mass is 295 g/mol. The van der Waals surface area contributed by atoms with Gasteiger partial charge in [-0.2, -0.15) is 0 Å². The van der Waals surface area contributed by atoms with E-state index in [1.165, 1.54) is 0 Å². The Hall–Kier alpha value is -1.82. The van der Waals surface area contributed by atoms with Gasteiger partial charge in [0.1, 0.15) is 5.82 Å². The number of halogens is 2. The first-order chi connectivity index (χ1) is 9.78. The number of rotatable bonds is 2. The lowest BCUT2D eigenvalue weighted by Gasteiger charge is -2.23. The van der Waals surface area contributed by atoms with E-state index in [0.717, 1.165) is 23.8 Å². The molecule has 1 fully saturated rings. The lowest BCUT2D eigenvalue weighted by atomic mass is 10.1. The van der Waals surface area contributed by atoms with Gasteiger partial charge in [-0.15, -0.1) is 0 Å². The molecule has 1 atom stereocenters. The zero-order valence-electron chi connectivity index (χ0n) is 11.8. The predicted molar refractivity (Wildman–Crippen MR) is 71.2 cm³/mol. The average Bonchev–Trinajstić information content (AvgIpc) is 2.83. The summed E-state index contributed by atoms with van der Waals surface area (Å²) in [5.41, 5.74) is -0.642. The van der Waals surface area contributed by atoms with Crippen LogP contribution in [0, 0.1) is 11.6 Å². The van der Waals surface area contributed by atoms with Gasteiger partial charge in [-0.1, -0.05) is 0 Å². The summed E-state index contributed by atoms with van der Waals surface area (Å²) in [4.78, 5) is 24.9. The van der Waals surface area contributed by atoms with Crippen LogP contribution in [0.2, 0.25) is 0 Å². The smallest absolute Gasteiger partial charge is 0.299 e. The highest BCUT2D eigenvalue weighted by Crippen LogP contribution is 2.35. The normalized spacial score (nSPS) is 23.8. The van der Waals surface area contributed by atoms with Crippen molar-refractivity contribution in [3.8, 4) is 0 Å². The number of ether oxygens (including phenoxy) is 1. The van der Waals surface area contributed by atoms with Gasteiger partial charge in [-0.3, -0.25) is 14.5 Å². The highest BCUT2D eigenvalue weighted by molar-refractivity contribution is 6.52. The summed E-state index contributed by atoms with van der Waals surface area (Å²) < 4.78 is 32.9. The Bertz CT molecular complexity index is 642. The van der Waals surface area contributed by atoms with Crippen molar-refractivity contribution in [3.63, 3.8) is 0 Å². The molecule has 2 heterocycles. The lowest BCUT2D eigenvalue weighted by Crippen LogP contribution is -2.37. The second-order valence-electron chi connectivity index (χ2n) is 6.07. The van der Waals surface area contributed by atoms with Gasteiger partial charge in [0.2, 0.25) is 0 Å². The minimum Gasteiger partial charge on any atom is -0.370 e. The van der Waals surface area contributed by atoms with E-state index in [1.807, 2.05) is 13.8 Å². The van der Waals surface area contributed by atoms with Crippen LogP contribution >= 0.6 is 0 Å². The largest absolute Gasteiger partial charge is 0.370 e. The molecule has 0 radical (unpaired) electrons. The Kier molecular flexibility index (Phi) is 3.09. The standard InChI is InChI=1S/C15H15F2NO3/c1-15(2)4-3-9(21-15)7-18-12-10(13(19)14(18)20)5-8(16)6-11(12)17/h5-6,9H,3-4,7H2,1-2H3. The lowest BCUT2D eigenvalue weighted by molar-refractivity contribution is -0.115. The predicted octanol–water partition coefficient (Wildman–Crippen LogP) is 2.45. The number of nitrogens with zero attached hydrogens (tertiary/aromatic N) is 1. The number of ketones is 1. The molecular formula is C15H15F2NO3. The molecular weight excluding hydrogens is 280 g/mol. The molecule has 6 heteroatoms. The Morgan fingerprint density at radius 3 is 2.67 bits per heavy atom. The first-order valence-electron chi connectivity index (χ1n) is 6.81. The van der Waals surface area contributed by atoms with Crippen molar-refractivity contribution in [2.24, 2.45) is 0 Å². The highest BCUT2D eigenvalue weighted by atomic mass is 19.1. The third-order valence-corrected chi connectivity index (χ3v) is 3.92. The van der Waals surface area contributed by atoms with Crippen LogP contribution in [-0.2, 0) is 9.53 Å². The van der Waals surface area contributed by atoms with Crippen LogP contribution in [0.4, 0.5) is 14.5 Å². The van der Waals surface area contributed by atoms with E-state index >= 15 is 0 Å². The molecule has 0 aliphatic carbocycles. The summed E-state index contributed by atoms with van der Waals surface area (Å²) >= 11 is 0. The number of hydrogen-bond acceptors (Lipinski definition) is 3. The SMILES string of the molecule is CC1(C)CCC(CN2C(=O)C(=O)c3cc(F)cc(F)c32)O1. The Balaban J connectivity index is 1.91. The van der Waals surface area contributed by atoms with Crippen LogP contribution in [0.5, 0.6) is 0 Å². The molecule has 1 amide bonds. The van der Waals surface area contributed by atoms with Crippen molar-refractivity contribution in [3.05, 3.63) is 29.3 Å². The molecule has 0 bridgehead atoms. The minimum absolute atomic E-state index is 0.101. The van der Waals surface area contributed by atoms with Gasteiger partial charge in [0, 0.05) is 6.07 Å². The Labute approximate surface area is 120 Å². The van der Waals surface area contributed by atoms with Gasteiger partial charge in [-0.25, -0.2) is 8.78 Å². The van der Waals surface area contributed by atoms with Crippen molar-refractivity contribution in [2.75, 3.05) is 11.4 Å². The molecule has 0 spiro atoms. The van der Waals surface area contributed by atoms with Crippen LogP contribution in [0.15, 0.2) is 12.1 Å². The zero-order valence-corrected chi connectivity index (χ0v) is 11.8. The first-order valence-corrected chi connectivity index (χ1v) is 6.81. The second-order valence-corrected chi connectivity index (χ2v) is 6.07. The van der Waals surface area contributed by atoms with Crippen LogP contribution in [0.1, 0.15) is 37.0 Å². The Morgan fingerprint density at radius 1 is 1.33 bits per heavy atom. The maximum absolute atomic E-state index is 13.9. The van der Waals surface area contributed by atoms with Crippen LogP contribution in [0.25, 0.3) is 0 Å². The molecule has 2 aliphatic heterocycles. The first kappa shape index (κ1) is 14.1. The van der Waals surface area contributed by atoms with Crippen molar-refractivity contribution in [1.29, 1.82) is 0 Å². The second kappa shape index (κ2) is 4.59. The molecule has 0 saturated carbocycles. The summed E-state index contributed by atoms with van der Waals surface area (Å²) in [6, 6.07) is 1.58. The Morgan fingerprint density at radius 2 is 2.05 bits per heavy atom. The van der Waals surface area contributed by atoms with Crippen molar-refractivity contribution in [2.45, 2.75) is 38.4 Å². The van der Waals surface area contributed by atoms with E-state index < -0.39 is 23.3 Å². The van der Waals surface area contributed by atoms with Gasteiger partial charge in [0.25, 0.3) is 11.7 Å². The van der Waals surface area contributed by atoms with Crippen molar-refractivity contribution < 1.29 is 23.1 Å². The number of Topliss-reactive ketones (excluding diaryl/α,β-unsaturated/α-hetero) is 1. The topological polar surface area (TPSA) is 46.6 Å². The fraction of sp³-hybridized carbons (Fsp3) is 0.467. The van der Waals surface area contributed by atoms with E-state index in [4.69, 9.17) is 4.74 Å². The number of anilines is 1. The number of amides is 1. The van der Waals surface area contributed by atoms with Crippen molar-refractivity contribution >= 4 is 17.4 Å². The molecule has 0 N–H and O–H groups in total. The number of hydrogen-bond donors (Lipinski definition) is 0. The average molecular weight is 295 g/mol. The fourth-order valence-corrected chi connectivity index (χ4v) is 2.94. The summed E-state index contributed by atoms with van der Waals surface area (Å²) in [5.74, 6) is -3.47. The molecule has 1 aromatic carbocycles. The van der Waals surface area contributed by atoms with Crippen LogP contribution in [0.3, 0.4) is 0 Å². The molecule has 1 unspecified atom stereocenters. The van der Waals surface area contributed by atoms with E-state index in [2.05, 4.69) is 0 Å². The summed E-state index contributed by atoms with van der Waals surface area (Å²) in [6.07, 6.45) is 1.29. The molecule has 3 rings (SSSR count). The van der Waals surface area contributed by atoms with E-state index in [1.54, 1.807) is 0 Å². The third-order valence-electron chi connectivity index (χ3n) is 3.92. The van der Waals surface area contributed by atoms with Crippen molar-refractivity contribution in [1.82, 2.24) is 0 Å². The zero-order chi connectivity index (χ0) is 15.4. The molecule has 112 valence electrons. The molecule has 1 aromatic rings. The summed E-state index contributed by atoms with van der Waals surface area (Å²) in [5, 5.41) is 0. The number of carbonyl (C=O) groups is 2. The van der Waals surface area contributed by atoms with Gasteiger partial charge in [0.15, 0.2) is 5.82 Å². The van der Waals surface area contributed by atoms with Gasteiger partial charge < -0.3 is 4.74 Å². The van der Waals surface area contributed by atoms with E-state index in [-0.39, 0.29) is 29.5 Å². The maximum atomic E-state index is 13.9. The molecule has 1 saturated heterocycles. The molecule has 0 aromatic heterocycles. The van der Waals surface area contributed by atoms with Crippen LogP contribution in [-0.4, -0.2) is 29.9 Å². The van der Waals surface area contributed by atoms with E-state index in [9.17, 15) is 18.4 Å². The fourth-order valence-electron chi connectivity index (χ4n) is 2.94. The maximum Gasteiger partial charge on any atom is 0.299 e. The third kappa shape index (κ3) is 2.33. The van der Waals surface area contributed by atoms with Crippen LogP contribution < -0.4 is 4.90 Å². The molecule has 2 aliphatic rings. The number of benzene rings is 1.